The van der Waals surface area contributed by atoms with Gasteiger partial charge in [-0.05, 0) is 47.2 Å². The number of ether oxygens (including phenoxy) is 1. The van der Waals surface area contributed by atoms with Crippen molar-refractivity contribution in [2.45, 2.75) is 13.8 Å². The van der Waals surface area contributed by atoms with Crippen LogP contribution in [0.2, 0.25) is 0 Å². The molecule has 1 aliphatic rings. The summed E-state index contributed by atoms with van der Waals surface area (Å²) >= 11 is 2.37. The normalized spacial score (nSPS) is 18.3. The minimum absolute atomic E-state index is 0.330. The molecule has 1 aromatic rings. The van der Waals surface area contributed by atoms with Crippen molar-refractivity contribution in [1.29, 1.82) is 0 Å². The molecule has 0 atom stereocenters. The molecule has 1 N–H and O–H groups in total. The third-order valence-corrected chi connectivity index (χ3v) is 3.95. The molecule has 1 saturated heterocycles. The fourth-order valence-electron chi connectivity index (χ4n) is 1.57. The molecule has 1 aromatic carbocycles. The molecule has 2 nitrogen and oxygen atoms in total. The lowest BCUT2D eigenvalue weighted by Gasteiger charge is -2.38. The van der Waals surface area contributed by atoms with Gasteiger partial charge in [-0.25, -0.2) is 0 Å². The van der Waals surface area contributed by atoms with Gasteiger partial charge in [0.1, 0.15) is 0 Å². The maximum Gasteiger partial charge on any atom is 0.0559 e. The van der Waals surface area contributed by atoms with E-state index in [4.69, 9.17) is 4.74 Å². The first kappa shape index (κ1) is 11.2. The summed E-state index contributed by atoms with van der Waals surface area (Å²) in [5.74, 6) is 0. The van der Waals surface area contributed by atoms with Crippen LogP contribution in [0, 0.1) is 15.9 Å². The summed E-state index contributed by atoms with van der Waals surface area (Å²) in [5, 5.41) is 3.47. The monoisotopic (exact) mass is 317 g/mol. The quantitative estimate of drug-likeness (QED) is 0.865. The van der Waals surface area contributed by atoms with Crippen molar-refractivity contribution in [3.8, 4) is 0 Å². The molecular formula is C12H16INO. The van der Waals surface area contributed by atoms with Crippen molar-refractivity contribution in [2.24, 2.45) is 5.41 Å². The van der Waals surface area contributed by atoms with Crippen molar-refractivity contribution in [3.63, 3.8) is 0 Å². The van der Waals surface area contributed by atoms with E-state index in [-0.39, 0.29) is 0 Å². The van der Waals surface area contributed by atoms with Crippen LogP contribution in [-0.4, -0.2) is 19.8 Å². The minimum Gasteiger partial charge on any atom is -0.384 e. The van der Waals surface area contributed by atoms with Gasteiger partial charge in [-0.1, -0.05) is 13.0 Å². The summed E-state index contributed by atoms with van der Waals surface area (Å²) in [6.45, 7) is 7.13. The van der Waals surface area contributed by atoms with Crippen LogP contribution >= 0.6 is 22.6 Å². The second-order valence-electron chi connectivity index (χ2n) is 4.62. The van der Waals surface area contributed by atoms with Crippen LogP contribution in [0.1, 0.15) is 12.5 Å². The van der Waals surface area contributed by atoms with Crippen molar-refractivity contribution in [2.75, 3.05) is 25.1 Å². The van der Waals surface area contributed by atoms with Gasteiger partial charge in [-0.2, -0.15) is 0 Å². The van der Waals surface area contributed by atoms with E-state index in [9.17, 15) is 0 Å². The molecule has 0 radical (unpaired) electrons. The van der Waals surface area contributed by atoms with Crippen LogP contribution in [-0.2, 0) is 4.74 Å². The van der Waals surface area contributed by atoms with Crippen molar-refractivity contribution in [1.82, 2.24) is 0 Å². The number of hydrogen-bond acceptors (Lipinski definition) is 2. The van der Waals surface area contributed by atoms with E-state index >= 15 is 0 Å². The fraction of sp³-hybridized carbons (Fsp3) is 0.500. The number of aryl methyl sites for hydroxylation is 1. The Hall–Kier alpha value is -0.290. The molecular weight excluding hydrogens is 301 g/mol. The molecule has 82 valence electrons. The summed E-state index contributed by atoms with van der Waals surface area (Å²) < 4.78 is 6.54. The average Bonchev–Trinajstić information content (AvgIpc) is 2.17. The minimum atomic E-state index is 0.330. The van der Waals surface area contributed by atoms with Gasteiger partial charge >= 0.3 is 0 Å². The van der Waals surface area contributed by atoms with Gasteiger partial charge in [0.05, 0.1) is 13.2 Å². The number of rotatable bonds is 3. The molecule has 1 heterocycles. The largest absolute Gasteiger partial charge is 0.384 e. The summed E-state index contributed by atoms with van der Waals surface area (Å²) in [6.07, 6.45) is 0. The zero-order valence-electron chi connectivity index (χ0n) is 9.14. The van der Waals surface area contributed by atoms with Gasteiger partial charge in [-0.15, -0.1) is 0 Å². The molecule has 15 heavy (non-hydrogen) atoms. The van der Waals surface area contributed by atoms with Crippen LogP contribution < -0.4 is 5.32 Å². The highest BCUT2D eigenvalue weighted by atomic mass is 127. The maximum absolute atomic E-state index is 5.23. The predicted octanol–water partition coefficient (Wildman–Crippen LogP) is 3.05. The Kier molecular flexibility index (Phi) is 3.21. The van der Waals surface area contributed by atoms with Crippen LogP contribution in [0.3, 0.4) is 0 Å². The fourth-order valence-corrected chi connectivity index (χ4v) is 2.09. The SMILES string of the molecule is Cc1ccc(NCC2(C)COC2)cc1I. The topological polar surface area (TPSA) is 21.3 Å². The van der Waals surface area contributed by atoms with Crippen molar-refractivity contribution >= 4 is 28.3 Å². The molecule has 0 unspecified atom stereocenters. The summed E-state index contributed by atoms with van der Waals surface area (Å²) in [4.78, 5) is 0. The van der Waals surface area contributed by atoms with Crippen molar-refractivity contribution in [3.05, 3.63) is 27.3 Å². The zero-order chi connectivity index (χ0) is 10.9. The van der Waals surface area contributed by atoms with Crippen LogP contribution in [0.15, 0.2) is 18.2 Å². The molecule has 0 saturated carbocycles. The van der Waals surface area contributed by atoms with E-state index in [0.29, 0.717) is 5.41 Å². The van der Waals surface area contributed by atoms with E-state index < -0.39 is 0 Å². The first-order chi connectivity index (χ1) is 7.09. The highest BCUT2D eigenvalue weighted by Gasteiger charge is 2.32. The van der Waals surface area contributed by atoms with E-state index in [2.05, 4.69) is 60.0 Å². The first-order valence-corrected chi connectivity index (χ1v) is 6.25. The highest BCUT2D eigenvalue weighted by molar-refractivity contribution is 14.1. The van der Waals surface area contributed by atoms with Crippen LogP contribution in [0.4, 0.5) is 5.69 Å². The molecule has 0 bridgehead atoms. The van der Waals surface area contributed by atoms with Gasteiger partial charge in [0, 0.05) is 21.2 Å². The Morgan fingerprint density at radius 3 is 2.73 bits per heavy atom. The van der Waals surface area contributed by atoms with Gasteiger partial charge in [0.15, 0.2) is 0 Å². The summed E-state index contributed by atoms with van der Waals surface area (Å²) in [5.41, 5.74) is 2.87. The Morgan fingerprint density at radius 1 is 1.47 bits per heavy atom. The molecule has 2 rings (SSSR count). The number of halogens is 1. The Morgan fingerprint density at radius 2 is 2.20 bits per heavy atom. The lowest BCUT2D eigenvalue weighted by Crippen LogP contribution is -2.45. The Balaban J connectivity index is 1.96. The summed E-state index contributed by atoms with van der Waals surface area (Å²) in [6, 6.07) is 6.49. The van der Waals surface area contributed by atoms with Gasteiger partial charge in [-0.3, -0.25) is 0 Å². The smallest absolute Gasteiger partial charge is 0.0559 e. The Bertz CT molecular complexity index is 361. The van der Waals surface area contributed by atoms with E-state index in [1.165, 1.54) is 14.8 Å². The van der Waals surface area contributed by atoms with Gasteiger partial charge < -0.3 is 10.1 Å². The predicted molar refractivity (Wildman–Crippen MR) is 71.3 cm³/mol. The second-order valence-corrected chi connectivity index (χ2v) is 5.78. The third-order valence-electron chi connectivity index (χ3n) is 2.79. The lowest BCUT2D eigenvalue weighted by atomic mass is 9.89. The van der Waals surface area contributed by atoms with E-state index in [0.717, 1.165) is 19.8 Å². The Labute approximate surface area is 105 Å². The third kappa shape index (κ3) is 2.64. The highest BCUT2D eigenvalue weighted by Crippen LogP contribution is 2.27. The lowest BCUT2D eigenvalue weighted by molar-refractivity contribution is -0.0924. The second kappa shape index (κ2) is 4.29. The number of anilines is 1. The molecule has 1 aliphatic heterocycles. The van der Waals surface area contributed by atoms with Gasteiger partial charge in [0.2, 0.25) is 0 Å². The standard InChI is InChI=1S/C12H16INO/c1-9-3-4-10(5-11(9)13)14-6-12(2)7-15-8-12/h3-5,14H,6-8H2,1-2H3. The zero-order valence-corrected chi connectivity index (χ0v) is 11.3. The number of hydrogen-bond donors (Lipinski definition) is 1. The average molecular weight is 317 g/mol. The molecule has 0 aliphatic carbocycles. The van der Waals surface area contributed by atoms with Crippen molar-refractivity contribution < 1.29 is 4.74 Å². The molecule has 1 fully saturated rings. The maximum atomic E-state index is 5.23. The summed E-state index contributed by atoms with van der Waals surface area (Å²) in [7, 11) is 0. The molecule has 0 amide bonds. The molecule has 0 aromatic heterocycles. The van der Waals surface area contributed by atoms with Crippen LogP contribution in [0.5, 0.6) is 0 Å². The first-order valence-electron chi connectivity index (χ1n) is 5.17. The van der Waals surface area contributed by atoms with E-state index in [1.54, 1.807) is 0 Å². The van der Waals surface area contributed by atoms with E-state index in [1.807, 2.05) is 0 Å². The van der Waals surface area contributed by atoms with Crippen LogP contribution in [0.25, 0.3) is 0 Å². The molecule has 0 spiro atoms. The van der Waals surface area contributed by atoms with Gasteiger partial charge in [0.25, 0.3) is 0 Å². The number of benzene rings is 1. The molecule has 3 heteroatoms. The number of nitrogens with one attached hydrogen (secondary N) is 1.